The van der Waals surface area contributed by atoms with E-state index in [2.05, 4.69) is 29.6 Å². The Bertz CT molecular complexity index is 1390. The van der Waals surface area contributed by atoms with Gasteiger partial charge in [0.1, 0.15) is 12.1 Å². The van der Waals surface area contributed by atoms with Crippen molar-refractivity contribution in [3.05, 3.63) is 102 Å². The van der Waals surface area contributed by atoms with Gasteiger partial charge in [-0.1, -0.05) is 84.5 Å². The van der Waals surface area contributed by atoms with Gasteiger partial charge in [0.05, 0.1) is 0 Å². The maximum atomic E-state index is 13.9. The molecule has 3 N–H and O–H groups in total. The lowest BCUT2D eigenvalue weighted by Crippen LogP contribution is -2.54. The Morgan fingerprint density at radius 2 is 1.55 bits per heavy atom. The second-order valence-electron chi connectivity index (χ2n) is 10.3. The van der Waals surface area contributed by atoms with E-state index in [1.807, 2.05) is 60.7 Å². The molecular formula is C33H38N4O3. The number of hydrogen-bond donors (Lipinski definition) is 2. The summed E-state index contributed by atoms with van der Waals surface area (Å²) in [5.41, 5.74) is 8.74. The average molecular weight is 539 g/mol. The maximum absolute atomic E-state index is 13.9. The van der Waals surface area contributed by atoms with E-state index in [0.29, 0.717) is 12.8 Å². The standard InChI is InChI=1S/C33H38N4O3/c1-36(31(38)23-26-17-19-35-20-18-26)29(14-8-11-25-15-16-27-12-6-7-13-28(27)21-25)33(40)37(2)30(32(34)39)22-24-9-4-3-5-10-24/h3-13,15-16,21,23,29-30,35H,14,17-20,22H2,1-2H3,(H2,34,39)/b11-8+/t29-,30-/m1/s1. The van der Waals surface area contributed by atoms with Gasteiger partial charge in [0.15, 0.2) is 0 Å². The zero-order valence-electron chi connectivity index (χ0n) is 23.3. The molecule has 1 aliphatic heterocycles. The summed E-state index contributed by atoms with van der Waals surface area (Å²) in [6.07, 6.45) is 7.74. The molecule has 4 rings (SSSR count). The van der Waals surface area contributed by atoms with E-state index in [9.17, 15) is 14.4 Å². The van der Waals surface area contributed by atoms with Gasteiger partial charge < -0.3 is 20.9 Å². The summed E-state index contributed by atoms with van der Waals surface area (Å²) < 4.78 is 0. The molecule has 0 aliphatic carbocycles. The summed E-state index contributed by atoms with van der Waals surface area (Å²) in [6, 6.07) is 22.1. The van der Waals surface area contributed by atoms with Crippen molar-refractivity contribution in [1.82, 2.24) is 15.1 Å². The predicted octanol–water partition coefficient (Wildman–Crippen LogP) is 3.93. The molecule has 1 saturated heterocycles. The first kappa shape index (κ1) is 28.8. The Kier molecular flexibility index (Phi) is 9.86. The van der Waals surface area contributed by atoms with Gasteiger partial charge in [-0.3, -0.25) is 14.4 Å². The van der Waals surface area contributed by atoms with Gasteiger partial charge >= 0.3 is 0 Å². The number of piperidine rings is 1. The molecule has 0 aromatic heterocycles. The smallest absolute Gasteiger partial charge is 0.246 e. The monoisotopic (exact) mass is 538 g/mol. The first-order valence-electron chi connectivity index (χ1n) is 13.8. The Labute approximate surface area is 236 Å². The van der Waals surface area contributed by atoms with Crippen LogP contribution in [0.2, 0.25) is 0 Å². The van der Waals surface area contributed by atoms with Crippen molar-refractivity contribution in [2.45, 2.75) is 37.8 Å². The number of likely N-dealkylation sites (N-methyl/N-ethyl adjacent to an activating group) is 2. The van der Waals surface area contributed by atoms with Crippen LogP contribution in [-0.4, -0.2) is 66.8 Å². The van der Waals surface area contributed by atoms with Crippen molar-refractivity contribution >= 4 is 34.6 Å². The van der Waals surface area contributed by atoms with Gasteiger partial charge in [-0.05, 0) is 60.3 Å². The quantitative estimate of drug-likeness (QED) is 0.383. The summed E-state index contributed by atoms with van der Waals surface area (Å²) in [5, 5.41) is 5.57. The minimum absolute atomic E-state index is 0.221. The van der Waals surface area contributed by atoms with Crippen molar-refractivity contribution in [3.63, 3.8) is 0 Å². The normalized spacial score (nSPS) is 15.0. The molecule has 1 fully saturated rings. The first-order chi connectivity index (χ1) is 19.3. The molecule has 0 spiro atoms. The molecule has 2 atom stereocenters. The molecule has 208 valence electrons. The number of amides is 3. The highest BCUT2D eigenvalue weighted by Crippen LogP contribution is 2.19. The summed E-state index contributed by atoms with van der Waals surface area (Å²) in [4.78, 5) is 42.5. The maximum Gasteiger partial charge on any atom is 0.246 e. The molecule has 1 heterocycles. The number of nitrogens with one attached hydrogen (secondary N) is 1. The SMILES string of the molecule is CN(C(=O)C=C1CCNCC1)[C@H](C/C=C/c1ccc2ccccc2c1)C(=O)N(C)[C@H](Cc1ccccc1)C(N)=O. The number of rotatable bonds is 10. The molecule has 7 nitrogen and oxygen atoms in total. The Morgan fingerprint density at radius 1 is 0.875 bits per heavy atom. The van der Waals surface area contributed by atoms with Gasteiger partial charge in [-0.25, -0.2) is 0 Å². The summed E-state index contributed by atoms with van der Waals surface area (Å²) in [5.74, 6) is -1.14. The van der Waals surface area contributed by atoms with Crippen LogP contribution < -0.4 is 11.1 Å². The van der Waals surface area contributed by atoms with Crippen molar-refractivity contribution < 1.29 is 14.4 Å². The zero-order chi connectivity index (χ0) is 28.5. The molecule has 3 amide bonds. The van der Waals surface area contributed by atoms with Gasteiger partial charge in [0.25, 0.3) is 0 Å². The first-order valence-corrected chi connectivity index (χ1v) is 13.8. The van der Waals surface area contributed by atoms with Crippen molar-refractivity contribution in [2.75, 3.05) is 27.2 Å². The topological polar surface area (TPSA) is 95.7 Å². The summed E-state index contributed by atoms with van der Waals surface area (Å²) in [6.45, 7) is 1.67. The van der Waals surface area contributed by atoms with Gasteiger partial charge in [0, 0.05) is 26.6 Å². The van der Waals surface area contributed by atoms with E-state index in [0.717, 1.165) is 53.4 Å². The fourth-order valence-corrected chi connectivity index (χ4v) is 5.05. The lowest BCUT2D eigenvalue weighted by atomic mass is 10.0. The van der Waals surface area contributed by atoms with Crippen LogP contribution in [0.1, 0.15) is 30.4 Å². The van der Waals surface area contributed by atoms with E-state index in [-0.39, 0.29) is 11.8 Å². The number of nitrogens with zero attached hydrogens (tertiary/aromatic N) is 2. The number of primary amides is 1. The Morgan fingerprint density at radius 3 is 2.25 bits per heavy atom. The Hall–Kier alpha value is -4.23. The lowest BCUT2D eigenvalue weighted by Gasteiger charge is -2.33. The number of fused-ring (bicyclic) bond motifs is 1. The molecule has 40 heavy (non-hydrogen) atoms. The minimum Gasteiger partial charge on any atom is -0.368 e. The fourth-order valence-electron chi connectivity index (χ4n) is 5.05. The third kappa shape index (κ3) is 7.45. The van der Waals surface area contributed by atoms with E-state index < -0.39 is 18.0 Å². The number of nitrogens with two attached hydrogens (primary N) is 1. The van der Waals surface area contributed by atoms with E-state index in [1.54, 1.807) is 20.2 Å². The predicted molar refractivity (Wildman–Crippen MR) is 160 cm³/mol. The van der Waals surface area contributed by atoms with Crippen LogP contribution in [0.25, 0.3) is 16.8 Å². The summed E-state index contributed by atoms with van der Waals surface area (Å²) in [7, 11) is 3.24. The molecule has 0 radical (unpaired) electrons. The zero-order valence-corrected chi connectivity index (χ0v) is 23.3. The van der Waals surface area contributed by atoms with Crippen LogP contribution in [0.15, 0.2) is 90.5 Å². The van der Waals surface area contributed by atoms with E-state index in [4.69, 9.17) is 5.73 Å². The highest BCUT2D eigenvalue weighted by atomic mass is 16.2. The molecule has 0 unspecified atom stereocenters. The molecule has 3 aromatic rings. The van der Waals surface area contributed by atoms with E-state index >= 15 is 0 Å². The highest BCUT2D eigenvalue weighted by molar-refractivity contribution is 5.95. The lowest BCUT2D eigenvalue weighted by molar-refractivity contribution is -0.145. The number of hydrogen-bond acceptors (Lipinski definition) is 4. The molecule has 7 heteroatoms. The fraction of sp³-hybridized carbons (Fsp3) is 0.303. The van der Waals surface area contributed by atoms with Crippen LogP contribution in [0.3, 0.4) is 0 Å². The van der Waals surface area contributed by atoms with Crippen LogP contribution >= 0.6 is 0 Å². The largest absolute Gasteiger partial charge is 0.368 e. The van der Waals surface area contributed by atoms with E-state index in [1.165, 1.54) is 9.80 Å². The Balaban J connectivity index is 1.57. The third-order valence-corrected chi connectivity index (χ3v) is 7.53. The van der Waals surface area contributed by atoms with Crippen molar-refractivity contribution in [1.29, 1.82) is 0 Å². The number of carbonyl (C=O) groups is 3. The molecule has 1 aliphatic rings. The molecular weight excluding hydrogens is 500 g/mol. The average Bonchev–Trinajstić information content (AvgIpc) is 2.98. The molecule has 0 bridgehead atoms. The van der Waals surface area contributed by atoms with Gasteiger partial charge in [-0.15, -0.1) is 0 Å². The van der Waals surface area contributed by atoms with Crippen molar-refractivity contribution in [3.8, 4) is 0 Å². The molecule has 3 aromatic carbocycles. The van der Waals surface area contributed by atoms with Crippen LogP contribution in [0, 0.1) is 0 Å². The number of benzene rings is 3. The van der Waals surface area contributed by atoms with Crippen LogP contribution in [-0.2, 0) is 20.8 Å². The van der Waals surface area contributed by atoms with Gasteiger partial charge in [0.2, 0.25) is 17.7 Å². The van der Waals surface area contributed by atoms with Gasteiger partial charge in [-0.2, -0.15) is 0 Å². The summed E-state index contributed by atoms with van der Waals surface area (Å²) >= 11 is 0. The van der Waals surface area contributed by atoms with Crippen LogP contribution in [0.5, 0.6) is 0 Å². The minimum atomic E-state index is -0.840. The highest BCUT2D eigenvalue weighted by Gasteiger charge is 2.33. The number of carbonyl (C=O) groups excluding carboxylic acids is 3. The molecule has 0 saturated carbocycles. The van der Waals surface area contributed by atoms with Crippen molar-refractivity contribution in [2.24, 2.45) is 5.73 Å². The third-order valence-electron chi connectivity index (χ3n) is 7.53. The van der Waals surface area contributed by atoms with Crippen LogP contribution in [0.4, 0.5) is 0 Å². The second kappa shape index (κ2) is 13.7. The second-order valence-corrected chi connectivity index (χ2v) is 10.3.